The highest BCUT2D eigenvalue weighted by atomic mass is 79.9. The summed E-state index contributed by atoms with van der Waals surface area (Å²) in [6, 6.07) is 16.4. The summed E-state index contributed by atoms with van der Waals surface area (Å²) in [7, 11) is 0. The molecule has 0 spiro atoms. The van der Waals surface area contributed by atoms with Crippen molar-refractivity contribution in [2.45, 2.75) is 20.0 Å². The molecule has 2 aromatic rings. The van der Waals surface area contributed by atoms with Crippen LogP contribution in [0.25, 0.3) is 6.08 Å². The van der Waals surface area contributed by atoms with Crippen LogP contribution < -0.4 is 10.1 Å². The van der Waals surface area contributed by atoms with Gasteiger partial charge < -0.3 is 10.1 Å². The van der Waals surface area contributed by atoms with Crippen molar-refractivity contribution in [3.05, 3.63) is 64.1 Å². The van der Waals surface area contributed by atoms with Crippen molar-refractivity contribution in [3.8, 4) is 11.8 Å². The van der Waals surface area contributed by atoms with Crippen LogP contribution >= 0.6 is 15.9 Å². The van der Waals surface area contributed by atoms with Crippen LogP contribution in [-0.4, -0.2) is 12.0 Å². The quantitative estimate of drug-likeness (QED) is 0.595. The van der Waals surface area contributed by atoms with Gasteiger partial charge in [-0.05, 0) is 55.8 Å². The number of halogens is 1. The minimum Gasteiger partial charge on any atom is -0.491 e. The Bertz CT molecular complexity index is 790. The fourth-order valence-corrected chi connectivity index (χ4v) is 2.39. The zero-order chi connectivity index (χ0) is 17.5. The van der Waals surface area contributed by atoms with E-state index in [-0.39, 0.29) is 11.7 Å². The third-order valence-electron chi connectivity index (χ3n) is 3.01. The Kier molecular flexibility index (Phi) is 6.16. The van der Waals surface area contributed by atoms with Gasteiger partial charge in [0, 0.05) is 10.2 Å². The molecule has 0 fully saturated rings. The maximum atomic E-state index is 12.2. The molecule has 0 atom stereocenters. The van der Waals surface area contributed by atoms with Crippen LogP contribution in [0.1, 0.15) is 19.4 Å². The Balaban J connectivity index is 2.13. The lowest BCUT2D eigenvalue weighted by Crippen LogP contribution is -2.13. The zero-order valence-electron chi connectivity index (χ0n) is 13.4. The van der Waals surface area contributed by atoms with E-state index in [4.69, 9.17) is 4.74 Å². The number of carbonyl (C=O) groups is 1. The average Bonchev–Trinajstić information content (AvgIpc) is 2.53. The van der Waals surface area contributed by atoms with Gasteiger partial charge in [-0.2, -0.15) is 5.26 Å². The molecule has 1 amide bonds. The molecule has 122 valence electrons. The summed E-state index contributed by atoms with van der Waals surface area (Å²) in [4.78, 5) is 12.2. The molecular formula is C19H17BrN2O2. The third-order valence-corrected chi connectivity index (χ3v) is 3.50. The largest absolute Gasteiger partial charge is 0.491 e. The standard InChI is InChI=1S/C19H17BrN2O2/c1-13(2)24-18-8-6-14(7-9-18)10-15(12-21)19(23)22-17-5-3-4-16(20)11-17/h3-11,13H,1-2H3,(H,22,23)/b15-10-. The number of rotatable bonds is 5. The van der Waals surface area contributed by atoms with Crippen molar-refractivity contribution in [1.82, 2.24) is 0 Å². The maximum Gasteiger partial charge on any atom is 0.266 e. The predicted molar refractivity (Wildman–Crippen MR) is 98.6 cm³/mol. The van der Waals surface area contributed by atoms with Crippen molar-refractivity contribution < 1.29 is 9.53 Å². The average molecular weight is 385 g/mol. The topological polar surface area (TPSA) is 62.1 Å². The van der Waals surface area contributed by atoms with Gasteiger partial charge in [-0.1, -0.05) is 34.1 Å². The van der Waals surface area contributed by atoms with E-state index in [0.717, 1.165) is 15.8 Å². The van der Waals surface area contributed by atoms with Gasteiger partial charge in [0.25, 0.3) is 5.91 Å². The molecule has 0 aliphatic rings. The molecule has 0 saturated carbocycles. The maximum absolute atomic E-state index is 12.2. The first-order valence-electron chi connectivity index (χ1n) is 7.43. The van der Waals surface area contributed by atoms with Gasteiger partial charge in [0.1, 0.15) is 17.4 Å². The van der Waals surface area contributed by atoms with Crippen molar-refractivity contribution in [1.29, 1.82) is 5.26 Å². The summed E-state index contributed by atoms with van der Waals surface area (Å²) < 4.78 is 6.42. The van der Waals surface area contributed by atoms with Crippen molar-refractivity contribution in [2.24, 2.45) is 0 Å². The zero-order valence-corrected chi connectivity index (χ0v) is 15.0. The molecule has 4 nitrogen and oxygen atoms in total. The molecule has 0 radical (unpaired) electrons. The van der Waals surface area contributed by atoms with Gasteiger partial charge in [-0.25, -0.2) is 0 Å². The van der Waals surface area contributed by atoms with E-state index < -0.39 is 5.91 Å². The van der Waals surface area contributed by atoms with Gasteiger partial charge in [0.2, 0.25) is 0 Å². The summed E-state index contributed by atoms with van der Waals surface area (Å²) in [6.45, 7) is 3.90. The third kappa shape index (κ3) is 5.25. The molecule has 2 rings (SSSR count). The molecule has 0 aliphatic heterocycles. The number of benzene rings is 2. The monoisotopic (exact) mass is 384 g/mol. The molecule has 0 aliphatic carbocycles. The van der Waals surface area contributed by atoms with Crippen LogP contribution in [0.4, 0.5) is 5.69 Å². The molecule has 0 saturated heterocycles. The smallest absolute Gasteiger partial charge is 0.266 e. The molecule has 0 heterocycles. The minimum absolute atomic E-state index is 0.0347. The second-order valence-corrected chi connectivity index (χ2v) is 6.29. The highest BCUT2D eigenvalue weighted by Crippen LogP contribution is 2.18. The Hall–Kier alpha value is -2.58. The van der Waals surface area contributed by atoms with Crippen molar-refractivity contribution in [3.63, 3.8) is 0 Å². The summed E-state index contributed by atoms with van der Waals surface area (Å²) in [5.74, 6) is 0.303. The molecule has 1 N–H and O–H groups in total. The lowest BCUT2D eigenvalue weighted by Gasteiger charge is -2.09. The number of nitriles is 1. The molecule has 5 heteroatoms. The number of ether oxygens (including phenoxy) is 1. The summed E-state index contributed by atoms with van der Waals surface area (Å²) >= 11 is 3.34. The Morgan fingerprint density at radius 1 is 1.25 bits per heavy atom. The van der Waals surface area contributed by atoms with E-state index in [1.165, 1.54) is 0 Å². The molecule has 24 heavy (non-hydrogen) atoms. The van der Waals surface area contributed by atoms with Crippen LogP contribution in [0.5, 0.6) is 5.75 Å². The molecular weight excluding hydrogens is 368 g/mol. The number of hydrogen-bond acceptors (Lipinski definition) is 3. The Labute approximate surface area is 149 Å². The number of carbonyl (C=O) groups excluding carboxylic acids is 1. The van der Waals surface area contributed by atoms with Crippen LogP contribution in [0.15, 0.2) is 58.6 Å². The van der Waals surface area contributed by atoms with E-state index >= 15 is 0 Å². The van der Waals surface area contributed by atoms with E-state index in [1.54, 1.807) is 30.3 Å². The summed E-state index contributed by atoms with van der Waals surface area (Å²) in [5.41, 5.74) is 1.41. The lowest BCUT2D eigenvalue weighted by atomic mass is 10.1. The van der Waals surface area contributed by atoms with Gasteiger partial charge in [-0.15, -0.1) is 0 Å². The number of anilines is 1. The lowest BCUT2D eigenvalue weighted by molar-refractivity contribution is -0.112. The summed E-state index contributed by atoms with van der Waals surface area (Å²) in [5, 5.41) is 12.0. The number of nitrogens with zero attached hydrogens (tertiary/aromatic N) is 1. The predicted octanol–water partition coefficient (Wildman–Crippen LogP) is 4.78. The van der Waals surface area contributed by atoms with Gasteiger partial charge in [0.05, 0.1) is 6.10 Å². The first-order chi connectivity index (χ1) is 11.5. The first-order valence-corrected chi connectivity index (χ1v) is 8.22. The van der Waals surface area contributed by atoms with E-state index in [9.17, 15) is 10.1 Å². The van der Waals surface area contributed by atoms with Gasteiger partial charge in [-0.3, -0.25) is 4.79 Å². The Morgan fingerprint density at radius 3 is 2.54 bits per heavy atom. The van der Waals surface area contributed by atoms with Crippen molar-refractivity contribution >= 4 is 33.6 Å². The Morgan fingerprint density at radius 2 is 1.96 bits per heavy atom. The number of amides is 1. The highest BCUT2D eigenvalue weighted by molar-refractivity contribution is 9.10. The fraction of sp³-hybridized carbons (Fsp3) is 0.158. The minimum atomic E-state index is -0.446. The molecule has 0 bridgehead atoms. The number of nitrogens with one attached hydrogen (secondary N) is 1. The number of hydrogen-bond donors (Lipinski definition) is 1. The second-order valence-electron chi connectivity index (χ2n) is 5.37. The van der Waals surface area contributed by atoms with Crippen LogP contribution in [-0.2, 0) is 4.79 Å². The van der Waals surface area contributed by atoms with E-state index in [2.05, 4.69) is 21.2 Å². The fourth-order valence-electron chi connectivity index (χ4n) is 1.99. The van der Waals surface area contributed by atoms with Crippen molar-refractivity contribution in [2.75, 3.05) is 5.32 Å². The van der Waals surface area contributed by atoms with Crippen LogP contribution in [0, 0.1) is 11.3 Å². The summed E-state index contributed by atoms with van der Waals surface area (Å²) in [6.07, 6.45) is 1.64. The van der Waals surface area contributed by atoms with E-state index in [0.29, 0.717) is 5.69 Å². The van der Waals surface area contributed by atoms with Crippen LogP contribution in [0.3, 0.4) is 0 Å². The first kappa shape index (κ1) is 17.8. The molecule has 2 aromatic carbocycles. The SMILES string of the molecule is CC(C)Oc1ccc(/C=C(/C#N)C(=O)Nc2cccc(Br)c2)cc1. The van der Waals surface area contributed by atoms with Gasteiger partial charge >= 0.3 is 0 Å². The van der Waals surface area contributed by atoms with Gasteiger partial charge in [0.15, 0.2) is 0 Å². The molecule has 0 aromatic heterocycles. The van der Waals surface area contributed by atoms with E-state index in [1.807, 2.05) is 44.2 Å². The second kappa shape index (κ2) is 8.32. The molecule has 0 unspecified atom stereocenters. The normalized spacial score (nSPS) is 11.0. The highest BCUT2D eigenvalue weighted by Gasteiger charge is 2.10. The van der Waals surface area contributed by atoms with Crippen LogP contribution in [0.2, 0.25) is 0 Å².